The number of rotatable bonds is 19. The topological polar surface area (TPSA) is 324 Å². The average Bonchev–Trinajstić information content (AvgIpc) is 3.61. The van der Waals surface area contributed by atoms with Gasteiger partial charge in [0.15, 0.2) is 5.69 Å². The number of para-hydroxylation sites is 1. The fraction of sp³-hybridized carbons (Fsp3) is 0.265. The Bertz CT molecular complexity index is 2840. The molecule has 0 saturated heterocycles. The maximum atomic E-state index is 12.8. The van der Waals surface area contributed by atoms with E-state index >= 15 is 0 Å². The Morgan fingerprint density at radius 1 is 0.680 bits per heavy atom. The summed E-state index contributed by atoms with van der Waals surface area (Å²) in [6, 6.07) is 25.7. The number of amides is 2. The number of unbranched alkanes of at least 4 members (excludes halogenated alkanes) is 2. The number of sulfonamides is 1. The van der Waals surface area contributed by atoms with Crippen LogP contribution in [-0.2, 0) is 46.6 Å². The number of carbonyl (C=O) groups is 8. The van der Waals surface area contributed by atoms with Crippen molar-refractivity contribution in [2.24, 2.45) is 0 Å². The van der Waals surface area contributed by atoms with Gasteiger partial charge in [0.1, 0.15) is 17.7 Å². The molecule has 2 amide bonds. The number of aromatic nitrogens is 2. The van der Waals surface area contributed by atoms with E-state index in [2.05, 4.69) is 25.9 Å². The molecule has 0 bridgehead atoms. The number of imide groups is 1. The largest absolute Gasteiger partial charge is 0.481 e. The molecule has 1 aromatic heterocycles. The van der Waals surface area contributed by atoms with E-state index in [0.717, 1.165) is 23.8 Å². The lowest BCUT2D eigenvalue weighted by atomic mass is 10.1. The van der Waals surface area contributed by atoms with Crippen molar-refractivity contribution < 1.29 is 90.6 Å². The second-order valence-corrected chi connectivity index (χ2v) is 19.2. The molecule has 4 aromatic carbocycles. The molecule has 0 spiro atoms. The molecule has 0 unspecified atom stereocenters. The summed E-state index contributed by atoms with van der Waals surface area (Å²) in [6.07, 6.45) is 1.50. The van der Waals surface area contributed by atoms with Gasteiger partial charge in [-0.15, -0.1) is 11.8 Å². The van der Waals surface area contributed by atoms with E-state index in [-0.39, 0.29) is 47.4 Å². The molecule has 20 nitrogen and oxygen atoms in total. The van der Waals surface area contributed by atoms with Gasteiger partial charge in [0.05, 0.1) is 38.0 Å². The van der Waals surface area contributed by atoms with Crippen LogP contribution in [0.2, 0.25) is 0 Å². The number of carboxylic acids is 6. The van der Waals surface area contributed by atoms with Crippen LogP contribution in [0.25, 0.3) is 0 Å². The molecule has 6 N–H and O–H groups in total. The molecular formula is C49H50BrF3N4O16S2. The molecule has 0 radical (unpaired) electrons. The standard InChI is InChI=1S/C18H15NO4.C15H12F3NO4S.C7H12O4.C6H6N2O2S.C3H5BrO2/c20-16(21)11-5-7-12-6-1-4-10-15(12)19-17(22)13-8-2-3-9-14(13)18(19)23;16-15(17,18)11-5-4-6-12(9-11)19(10-14(20)21)24(22,23)13-7-2-1-3-8-13;8-6(9)4-2-1-3-5-7(10)11;1-11-5-2-4(6(9)10)7-3-8-5;1-2(4)3(5)6/h1-4,6,8-10H,5,7,11H2,(H,20,21);1-9H,10H2,(H,20,21);1-5H2,(H,8,9)(H,10,11);2-3H,1H3,(H,9,10);2H,1H3,(H,5,6)/t;;;;2-/m....0/s1. The van der Waals surface area contributed by atoms with Gasteiger partial charge in [-0.1, -0.05) is 76.9 Å². The second-order valence-electron chi connectivity index (χ2n) is 15.2. The smallest absolute Gasteiger partial charge is 0.416 e. The van der Waals surface area contributed by atoms with E-state index in [4.69, 9.17) is 30.6 Å². The fourth-order valence-electron chi connectivity index (χ4n) is 6.07. The van der Waals surface area contributed by atoms with E-state index in [1.165, 1.54) is 53.3 Å². The summed E-state index contributed by atoms with van der Waals surface area (Å²) in [7, 11) is -4.33. The number of fused-ring (bicyclic) bond motifs is 1. The summed E-state index contributed by atoms with van der Waals surface area (Å²) in [5.74, 6) is -6.51. The van der Waals surface area contributed by atoms with E-state index in [9.17, 15) is 59.9 Å². The SMILES string of the molecule is CSc1cc(C(=O)O)ncn1.C[C@H](Br)C(=O)O.O=C(O)CCCCCC(=O)O.O=C(O)CCCc1ccccc1N1C(=O)c2ccccc2C1=O.O=C(O)CN(c1cccc(C(F)(F)F)c1)S(=O)(=O)c1ccccc1. The number of aromatic carboxylic acids is 1. The van der Waals surface area contributed by atoms with Crippen molar-refractivity contribution in [1.82, 2.24) is 9.97 Å². The van der Waals surface area contributed by atoms with Crippen molar-refractivity contribution in [3.63, 3.8) is 0 Å². The summed E-state index contributed by atoms with van der Waals surface area (Å²) in [5.41, 5.74) is 0.710. The summed E-state index contributed by atoms with van der Waals surface area (Å²) >= 11 is 4.23. The van der Waals surface area contributed by atoms with Crippen LogP contribution in [0.1, 0.15) is 94.2 Å². The lowest BCUT2D eigenvalue weighted by Crippen LogP contribution is -2.35. The van der Waals surface area contributed by atoms with Gasteiger partial charge in [-0.05, 0) is 93.0 Å². The van der Waals surface area contributed by atoms with Crippen LogP contribution in [0, 0.1) is 0 Å². The highest BCUT2D eigenvalue weighted by molar-refractivity contribution is 9.10. The zero-order chi connectivity index (χ0) is 56.5. The number of benzene rings is 4. The van der Waals surface area contributed by atoms with Crippen LogP contribution in [-0.4, -0.2) is 114 Å². The average molecular weight is 1150 g/mol. The van der Waals surface area contributed by atoms with Crippen molar-refractivity contribution in [2.45, 2.75) is 79.2 Å². The monoisotopic (exact) mass is 1150 g/mol. The predicted molar refractivity (Wildman–Crippen MR) is 270 cm³/mol. The molecule has 1 aliphatic rings. The number of aryl methyl sites for hydroxylation is 1. The first-order valence-corrected chi connectivity index (χ1v) is 25.4. The quantitative estimate of drug-likeness (QED) is 0.0148. The third kappa shape index (κ3) is 21.7. The number of carbonyl (C=O) groups excluding carboxylic acids is 2. The highest BCUT2D eigenvalue weighted by atomic mass is 79.9. The first-order valence-electron chi connectivity index (χ1n) is 21.9. The number of halogens is 4. The second kappa shape index (κ2) is 31.1. The van der Waals surface area contributed by atoms with Crippen molar-refractivity contribution >= 4 is 96.7 Å². The Balaban J connectivity index is 0.000000347. The van der Waals surface area contributed by atoms with Crippen molar-refractivity contribution in [1.29, 1.82) is 0 Å². The highest BCUT2D eigenvalue weighted by Gasteiger charge is 2.37. The summed E-state index contributed by atoms with van der Waals surface area (Å²) in [6.45, 7) is 0.556. The van der Waals surface area contributed by atoms with Crippen LogP contribution in [0.3, 0.4) is 0 Å². The first kappa shape index (κ1) is 63.4. The van der Waals surface area contributed by atoms with Crippen LogP contribution < -0.4 is 9.21 Å². The third-order valence-corrected chi connectivity index (χ3v) is 12.4. The van der Waals surface area contributed by atoms with Crippen LogP contribution in [0.15, 0.2) is 125 Å². The molecule has 402 valence electrons. The van der Waals surface area contributed by atoms with E-state index in [0.29, 0.717) is 64.3 Å². The summed E-state index contributed by atoms with van der Waals surface area (Å²) in [5, 5.41) is 51.2. The molecule has 1 atom stereocenters. The number of thioether (sulfide) groups is 1. The first-order chi connectivity index (χ1) is 35.2. The van der Waals surface area contributed by atoms with E-state index in [1.54, 1.807) is 49.4 Å². The predicted octanol–water partition coefficient (Wildman–Crippen LogP) is 8.74. The fourth-order valence-corrected chi connectivity index (χ4v) is 7.88. The molecule has 26 heteroatoms. The minimum Gasteiger partial charge on any atom is -0.481 e. The number of aliphatic carboxylic acids is 5. The number of nitrogens with zero attached hydrogens (tertiary/aromatic N) is 4. The molecule has 0 aliphatic carbocycles. The molecule has 0 saturated carbocycles. The van der Waals surface area contributed by atoms with E-state index in [1.807, 2.05) is 18.4 Å². The van der Waals surface area contributed by atoms with E-state index < -0.39 is 69.0 Å². The maximum Gasteiger partial charge on any atom is 0.416 e. The molecule has 1 aliphatic heterocycles. The lowest BCUT2D eigenvalue weighted by molar-refractivity contribution is -0.138. The Kier molecular flexibility index (Phi) is 26.3. The minimum absolute atomic E-state index is 0.0318. The zero-order valence-electron chi connectivity index (χ0n) is 39.8. The van der Waals surface area contributed by atoms with Crippen molar-refractivity contribution in [3.8, 4) is 0 Å². The zero-order valence-corrected chi connectivity index (χ0v) is 43.0. The van der Waals surface area contributed by atoms with Gasteiger partial charge in [0, 0.05) is 25.3 Å². The maximum absolute atomic E-state index is 12.8. The molecule has 2 heterocycles. The van der Waals surface area contributed by atoms with Gasteiger partial charge >= 0.3 is 42.0 Å². The molecule has 75 heavy (non-hydrogen) atoms. The molecular weight excluding hydrogens is 1100 g/mol. The van der Waals surface area contributed by atoms with Gasteiger partial charge in [0.2, 0.25) is 0 Å². The highest BCUT2D eigenvalue weighted by Crippen LogP contribution is 2.34. The normalized spacial score (nSPS) is 11.8. The number of hydrogen-bond donors (Lipinski definition) is 6. The Hall–Kier alpha value is -7.71. The summed E-state index contributed by atoms with van der Waals surface area (Å²) < 4.78 is 64.1. The van der Waals surface area contributed by atoms with Gasteiger partial charge in [-0.25, -0.2) is 28.1 Å². The lowest BCUT2D eigenvalue weighted by Gasteiger charge is -2.23. The van der Waals surface area contributed by atoms with Gasteiger partial charge in [0.25, 0.3) is 21.8 Å². The Morgan fingerprint density at radius 3 is 1.67 bits per heavy atom. The van der Waals surface area contributed by atoms with Gasteiger partial charge in [-0.3, -0.25) is 37.9 Å². The third-order valence-electron chi connectivity index (χ3n) is 9.63. The van der Waals surface area contributed by atoms with Crippen molar-refractivity contribution in [3.05, 3.63) is 143 Å². The molecule has 6 rings (SSSR count). The van der Waals surface area contributed by atoms with Crippen LogP contribution in [0.4, 0.5) is 24.5 Å². The molecule has 0 fully saturated rings. The number of carboxylic acid groups (broad SMARTS) is 6. The Morgan fingerprint density at radius 2 is 1.19 bits per heavy atom. The Labute approximate surface area is 440 Å². The van der Waals surface area contributed by atoms with Crippen LogP contribution in [0.5, 0.6) is 0 Å². The molecule has 5 aromatic rings. The minimum atomic E-state index is -4.68. The van der Waals surface area contributed by atoms with Crippen molar-refractivity contribution in [2.75, 3.05) is 22.0 Å². The summed E-state index contributed by atoms with van der Waals surface area (Å²) in [4.78, 5) is 94.7. The number of hydrogen-bond acceptors (Lipinski definition) is 13. The van der Waals surface area contributed by atoms with Crippen LogP contribution >= 0.6 is 27.7 Å². The van der Waals surface area contributed by atoms with Gasteiger partial charge < -0.3 is 30.6 Å². The van der Waals surface area contributed by atoms with Gasteiger partial charge in [-0.2, -0.15) is 13.2 Å². The number of anilines is 2. The number of alkyl halides is 4.